The van der Waals surface area contributed by atoms with Crippen LogP contribution < -0.4 is 10.6 Å². The van der Waals surface area contributed by atoms with Crippen LogP contribution in [-0.4, -0.2) is 25.5 Å². The van der Waals surface area contributed by atoms with E-state index in [0.29, 0.717) is 18.0 Å². The van der Waals surface area contributed by atoms with Gasteiger partial charge in [-0.25, -0.2) is 8.78 Å². The van der Waals surface area contributed by atoms with E-state index < -0.39 is 11.6 Å². The molecule has 1 saturated heterocycles. The fourth-order valence-electron chi connectivity index (χ4n) is 2.47. The van der Waals surface area contributed by atoms with Gasteiger partial charge in [0.2, 0.25) is 5.91 Å². The molecule has 1 aliphatic carbocycles. The molecular formula is C14H16F2N2O. The molecule has 1 aliphatic heterocycles. The molecule has 0 radical (unpaired) electrons. The fourth-order valence-corrected chi connectivity index (χ4v) is 2.47. The second-order valence-corrected chi connectivity index (χ2v) is 5.39. The Morgan fingerprint density at radius 3 is 2.74 bits per heavy atom. The summed E-state index contributed by atoms with van der Waals surface area (Å²) in [4.78, 5) is 11.9. The largest absolute Gasteiger partial charge is 0.355 e. The Labute approximate surface area is 110 Å². The van der Waals surface area contributed by atoms with Gasteiger partial charge in [0, 0.05) is 31.5 Å². The van der Waals surface area contributed by atoms with Crippen LogP contribution in [-0.2, 0) is 4.79 Å². The van der Waals surface area contributed by atoms with Crippen LogP contribution in [0.4, 0.5) is 8.78 Å². The molecule has 0 spiro atoms. The van der Waals surface area contributed by atoms with Crippen molar-refractivity contribution in [3.05, 3.63) is 35.4 Å². The van der Waals surface area contributed by atoms with E-state index in [9.17, 15) is 13.6 Å². The van der Waals surface area contributed by atoms with Crippen molar-refractivity contribution < 1.29 is 13.6 Å². The zero-order valence-electron chi connectivity index (χ0n) is 10.5. The lowest BCUT2D eigenvalue weighted by Gasteiger charge is -2.27. The average molecular weight is 266 g/mol. The number of benzene rings is 1. The predicted octanol–water partition coefficient (Wildman–Crippen LogP) is 1.40. The number of hydrogen-bond acceptors (Lipinski definition) is 2. The summed E-state index contributed by atoms with van der Waals surface area (Å²) in [6.07, 6.45) is 0.722. The molecule has 3 nitrogen and oxygen atoms in total. The van der Waals surface area contributed by atoms with Crippen LogP contribution in [0.15, 0.2) is 18.2 Å². The van der Waals surface area contributed by atoms with Gasteiger partial charge in [-0.2, -0.15) is 0 Å². The topological polar surface area (TPSA) is 41.1 Å². The SMILES string of the molecule is O=C(NCC1CNC1)C1CC1c1ccc(F)c(F)c1. The van der Waals surface area contributed by atoms with Gasteiger partial charge < -0.3 is 10.6 Å². The summed E-state index contributed by atoms with van der Waals surface area (Å²) in [5, 5.41) is 6.07. The summed E-state index contributed by atoms with van der Waals surface area (Å²) >= 11 is 0. The Morgan fingerprint density at radius 1 is 1.32 bits per heavy atom. The minimum atomic E-state index is -0.845. The third-order valence-corrected chi connectivity index (χ3v) is 3.93. The van der Waals surface area contributed by atoms with Crippen molar-refractivity contribution >= 4 is 5.91 Å². The van der Waals surface area contributed by atoms with Crippen molar-refractivity contribution in [3.63, 3.8) is 0 Å². The number of carbonyl (C=O) groups excluding carboxylic acids is 1. The molecule has 1 amide bonds. The first-order chi connectivity index (χ1) is 9.15. The van der Waals surface area contributed by atoms with E-state index >= 15 is 0 Å². The molecule has 2 fully saturated rings. The zero-order chi connectivity index (χ0) is 13.4. The first-order valence-electron chi connectivity index (χ1n) is 6.58. The van der Waals surface area contributed by atoms with Gasteiger partial charge in [0.1, 0.15) is 0 Å². The van der Waals surface area contributed by atoms with Crippen molar-refractivity contribution in [3.8, 4) is 0 Å². The predicted molar refractivity (Wildman–Crippen MR) is 66.6 cm³/mol. The number of hydrogen-bond donors (Lipinski definition) is 2. The van der Waals surface area contributed by atoms with Crippen LogP contribution in [0.2, 0.25) is 0 Å². The maximum Gasteiger partial charge on any atom is 0.223 e. The molecule has 1 aromatic rings. The van der Waals surface area contributed by atoms with Gasteiger partial charge in [-0.1, -0.05) is 6.07 Å². The summed E-state index contributed by atoms with van der Waals surface area (Å²) in [5.74, 6) is -1.18. The third kappa shape index (κ3) is 2.61. The Bertz CT molecular complexity index is 502. The van der Waals surface area contributed by atoms with E-state index in [1.165, 1.54) is 6.07 Å². The highest BCUT2D eigenvalue weighted by Crippen LogP contribution is 2.47. The van der Waals surface area contributed by atoms with E-state index in [-0.39, 0.29) is 17.7 Å². The van der Waals surface area contributed by atoms with Crippen molar-refractivity contribution in [2.45, 2.75) is 12.3 Å². The van der Waals surface area contributed by atoms with Crippen molar-refractivity contribution in [2.24, 2.45) is 11.8 Å². The van der Waals surface area contributed by atoms with Crippen molar-refractivity contribution in [1.82, 2.24) is 10.6 Å². The number of halogens is 2. The van der Waals surface area contributed by atoms with Gasteiger partial charge in [-0.15, -0.1) is 0 Å². The molecule has 2 N–H and O–H groups in total. The summed E-state index contributed by atoms with van der Waals surface area (Å²) in [7, 11) is 0. The number of nitrogens with one attached hydrogen (secondary N) is 2. The van der Waals surface area contributed by atoms with E-state index in [1.54, 1.807) is 6.07 Å². The second-order valence-electron chi connectivity index (χ2n) is 5.39. The van der Waals surface area contributed by atoms with Crippen LogP contribution in [0.25, 0.3) is 0 Å². The van der Waals surface area contributed by atoms with E-state index in [2.05, 4.69) is 10.6 Å². The first kappa shape index (κ1) is 12.5. The van der Waals surface area contributed by atoms with Crippen LogP contribution >= 0.6 is 0 Å². The highest BCUT2D eigenvalue weighted by molar-refractivity contribution is 5.82. The monoisotopic (exact) mass is 266 g/mol. The van der Waals surface area contributed by atoms with E-state index in [1.807, 2.05) is 0 Å². The molecule has 2 atom stereocenters. The van der Waals surface area contributed by atoms with E-state index in [4.69, 9.17) is 0 Å². The van der Waals surface area contributed by atoms with Gasteiger partial charge in [0.05, 0.1) is 0 Å². The van der Waals surface area contributed by atoms with Crippen molar-refractivity contribution in [1.29, 1.82) is 0 Å². The number of carbonyl (C=O) groups is 1. The smallest absolute Gasteiger partial charge is 0.223 e. The van der Waals surface area contributed by atoms with Crippen LogP contribution in [0, 0.1) is 23.5 Å². The highest BCUT2D eigenvalue weighted by atomic mass is 19.2. The minimum Gasteiger partial charge on any atom is -0.355 e. The first-order valence-corrected chi connectivity index (χ1v) is 6.58. The van der Waals surface area contributed by atoms with E-state index in [0.717, 1.165) is 25.6 Å². The van der Waals surface area contributed by atoms with Crippen molar-refractivity contribution in [2.75, 3.05) is 19.6 Å². The molecule has 1 aromatic carbocycles. The normalized spacial score (nSPS) is 25.8. The molecule has 1 saturated carbocycles. The zero-order valence-corrected chi connectivity index (χ0v) is 10.5. The molecule has 2 unspecified atom stereocenters. The molecule has 102 valence electrons. The maximum absolute atomic E-state index is 13.1. The van der Waals surface area contributed by atoms with Gasteiger partial charge >= 0.3 is 0 Å². The lowest BCUT2D eigenvalue weighted by atomic mass is 10.0. The van der Waals surface area contributed by atoms with Crippen LogP contribution in [0.1, 0.15) is 17.9 Å². The molecule has 1 heterocycles. The molecule has 5 heteroatoms. The molecule has 19 heavy (non-hydrogen) atoms. The lowest BCUT2D eigenvalue weighted by molar-refractivity contribution is -0.122. The molecule has 0 aromatic heterocycles. The summed E-state index contributed by atoms with van der Waals surface area (Å²) < 4.78 is 26.0. The Kier molecular flexibility index (Phi) is 3.22. The Hall–Kier alpha value is -1.49. The quantitative estimate of drug-likeness (QED) is 0.865. The average Bonchev–Trinajstić information content (AvgIpc) is 3.10. The number of rotatable bonds is 4. The minimum absolute atomic E-state index is 0.0293. The van der Waals surface area contributed by atoms with Gasteiger partial charge in [0.15, 0.2) is 11.6 Å². The summed E-state index contributed by atoms with van der Waals surface area (Å²) in [5.41, 5.74) is 0.712. The van der Waals surface area contributed by atoms with Gasteiger partial charge in [-0.05, 0) is 30.0 Å². The summed E-state index contributed by atoms with van der Waals surface area (Å²) in [6, 6.07) is 3.88. The molecule has 0 bridgehead atoms. The Morgan fingerprint density at radius 2 is 2.11 bits per heavy atom. The molecule has 3 rings (SSSR count). The molecule has 2 aliphatic rings. The van der Waals surface area contributed by atoms with Gasteiger partial charge in [0.25, 0.3) is 0 Å². The number of amides is 1. The second kappa shape index (κ2) is 4.89. The summed E-state index contributed by atoms with van der Waals surface area (Å²) in [6.45, 7) is 2.61. The van der Waals surface area contributed by atoms with Gasteiger partial charge in [-0.3, -0.25) is 4.79 Å². The highest BCUT2D eigenvalue weighted by Gasteiger charge is 2.44. The standard InChI is InChI=1S/C14H16F2N2O/c15-12-2-1-9(3-13(12)16)10-4-11(10)14(19)18-7-8-5-17-6-8/h1-3,8,10-11,17H,4-7H2,(H,18,19). The molecular weight excluding hydrogens is 250 g/mol. The Balaban J connectivity index is 1.54. The maximum atomic E-state index is 13.1. The third-order valence-electron chi connectivity index (χ3n) is 3.93. The van der Waals surface area contributed by atoms with Crippen LogP contribution in [0.3, 0.4) is 0 Å². The van der Waals surface area contributed by atoms with Crippen LogP contribution in [0.5, 0.6) is 0 Å². The lowest BCUT2D eigenvalue weighted by Crippen LogP contribution is -2.48. The fraction of sp³-hybridized carbons (Fsp3) is 0.500.